The van der Waals surface area contributed by atoms with Crippen molar-refractivity contribution in [3.8, 4) is 17.2 Å². The van der Waals surface area contributed by atoms with Gasteiger partial charge in [-0.2, -0.15) is 0 Å². The largest absolute Gasteiger partial charge is 0.497 e. The van der Waals surface area contributed by atoms with Crippen LogP contribution in [0.4, 0.5) is 0 Å². The second-order valence-corrected chi connectivity index (χ2v) is 7.23. The zero-order valence-corrected chi connectivity index (χ0v) is 17.6. The van der Waals surface area contributed by atoms with E-state index in [2.05, 4.69) is 5.32 Å². The number of nitrogens with zero attached hydrogens (tertiary/aromatic N) is 1. The van der Waals surface area contributed by atoms with Crippen molar-refractivity contribution < 1.29 is 23.8 Å². The Hall–Kier alpha value is -3.22. The van der Waals surface area contributed by atoms with Gasteiger partial charge in [0.2, 0.25) is 5.91 Å². The summed E-state index contributed by atoms with van der Waals surface area (Å²) in [7, 11) is 4.73. The molecule has 3 rings (SSSR count). The van der Waals surface area contributed by atoms with E-state index in [4.69, 9.17) is 14.2 Å². The molecule has 0 saturated carbocycles. The van der Waals surface area contributed by atoms with Crippen LogP contribution in [0.25, 0.3) is 0 Å². The lowest BCUT2D eigenvalue weighted by Gasteiger charge is -2.31. The molecule has 2 aromatic carbocycles. The highest BCUT2D eigenvalue weighted by atomic mass is 16.5. The van der Waals surface area contributed by atoms with E-state index in [9.17, 15) is 9.59 Å². The molecule has 7 heteroatoms. The SMILES string of the molecule is COc1ccc(CNC(=O)C2CCN(C(=O)c3cc(OC)cc(OC)c3)CC2)cc1. The summed E-state index contributed by atoms with van der Waals surface area (Å²) in [6.07, 6.45) is 1.28. The molecule has 0 spiro atoms. The maximum absolute atomic E-state index is 12.9. The second-order valence-electron chi connectivity index (χ2n) is 7.23. The summed E-state index contributed by atoms with van der Waals surface area (Å²) in [5.74, 6) is 1.80. The van der Waals surface area contributed by atoms with Crippen molar-refractivity contribution in [2.75, 3.05) is 34.4 Å². The molecule has 30 heavy (non-hydrogen) atoms. The molecule has 0 aliphatic carbocycles. The molecule has 0 unspecified atom stereocenters. The fourth-order valence-corrected chi connectivity index (χ4v) is 3.54. The van der Waals surface area contributed by atoms with E-state index < -0.39 is 0 Å². The summed E-state index contributed by atoms with van der Waals surface area (Å²) in [6.45, 7) is 1.56. The van der Waals surface area contributed by atoms with E-state index in [1.54, 1.807) is 44.4 Å². The second kappa shape index (κ2) is 10.0. The van der Waals surface area contributed by atoms with E-state index in [1.807, 2.05) is 24.3 Å². The van der Waals surface area contributed by atoms with Crippen molar-refractivity contribution in [3.63, 3.8) is 0 Å². The number of hydrogen-bond acceptors (Lipinski definition) is 5. The average Bonchev–Trinajstić information content (AvgIpc) is 2.82. The third-order valence-electron chi connectivity index (χ3n) is 5.38. The lowest BCUT2D eigenvalue weighted by atomic mass is 9.95. The van der Waals surface area contributed by atoms with Crippen LogP contribution in [0.15, 0.2) is 42.5 Å². The first-order chi connectivity index (χ1) is 14.5. The molecular formula is C23H28N2O5. The Balaban J connectivity index is 1.52. The number of carbonyl (C=O) groups is 2. The molecule has 7 nitrogen and oxygen atoms in total. The number of carbonyl (C=O) groups excluding carboxylic acids is 2. The van der Waals surface area contributed by atoms with Crippen molar-refractivity contribution in [2.45, 2.75) is 19.4 Å². The Kier molecular flexibility index (Phi) is 7.17. The Morgan fingerprint density at radius 2 is 1.47 bits per heavy atom. The van der Waals surface area contributed by atoms with Gasteiger partial charge in [-0.25, -0.2) is 0 Å². The van der Waals surface area contributed by atoms with Gasteiger partial charge in [0.1, 0.15) is 17.2 Å². The van der Waals surface area contributed by atoms with Crippen molar-refractivity contribution in [1.82, 2.24) is 10.2 Å². The standard InChI is InChI=1S/C23H28N2O5/c1-28-19-6-4-16(5-7-19)15-24-22(26)17-8-10-25(11-9-17)23(27)18-12-20(29-2)14-21(13-18)30-3/h4-7,12-14,17H,8-11,15H2,1-3H3,(H,24,26). The van der Waals surface area contributed by atoms with Crippen LogP contribution in [-0.4, -0.2) is 51.1 Å². The predicted molar refractivity (Wildman–Crippen MR) is 113 cm³/mol. The summed E-state index contributed by atoms with van der Waals surface area (Å²) < 4.78 is 15.6. The first kappa shape index (κ1) is 21.5. The first-order valence-corrected chi connectivity index (χ1v) is 9.97. The molecule has 1 fully saturated rings. The van der Waals surface area contributed by atoms with Gasteiger partial charge in [0.15, 0.2) is 0 Å². The molecule has 1 aliphatic heterocycles. The van der Waals surface area contributed by atoms with E-state index in [1.165, 1.54) is 0 Å². The molecule has 1 aliphatic rings. The fourth-order valence-electron chi connectivity index (χ4n) is 3.54. The van der Waals surface area contributed by atoms with Gasteiger partial charge in [0, 0.05) is 37.2 Å². The Labute approximate surface area is 176 Å². The smallest absolute Gasteiger partial charge is 0.254 e. The average molecular weight is 412 g/mol. The Bertz CT molecular complexity index is 851. The third-order valence-corrected chi connectivity index (χ3v) is 5.38. The number of methoxy groups -OCH3 is 3. The minimum atomic E-state index is -0.0906. The van der Waals surface area contributed by atoms with Crippen molar-refractivity contribution in [1.29, 1.82) is 0 Å². The van der Waals surface area contributed by atoms with Crippen LogP contribution in [0, 0.1) is 5.92 Å². The zero-order valence-electron chi connectivity index (χ0n) is 17.6. The molecule has 0 atom stereocenters. The maximum Gasteiger partial charge on any atom is 0.254 e. The van der Waals surface area contributed by atoms with Gasteiger partial charge in [0.05, 0.1) is 21.3 Å². The van der Waals surface area contributed by atoms with Crippen LogP contribution in [0.2, 0.25) is 0 Å². The minimum Gasteiger partial charge on any atom is -0.497 e. The van der Waals surface area contributed by atoms with Crippen molar-refractivity contribution >= 4 is 11.8 Å². The predicted octanol–water partition coefficient (Wildman–Crippen LogP) is 2.88. The van der Waals surface area contributed by atoms with Gasteiger partial charge < -0.3 is 24.4 Å². The van der Waals surface area contributed by atoms with Crippen molar-refractivity contribution in [3.05, 3.63) is 53.6 Å². The number of amides is 2. The molecule has 0 bridgehead atoms. The molecule has 2 aromatic rings. The Morgan fingerprint density at radius 1 is 0.900 bits per heavy atom. The fraction of sp³-hybridized carbons (Fsp3) is 0.391. The molecule has 1 N–H and O–H groups in total. The van der Waals surface area contributed by atoms with Crippen LogP contribution in [0.3, 0.4) is 0 Å². The number of likely N-dealkylation sites (tertiary alicyclic amines) is 1. The van der Waals surface area contributed by atoms with Crippen LogP contribution >= 0.6 is 0 Å². The van der Waals surface area contributed by atoms with Crippen molar-refractivity contribution in [2.24, 2.45) is 5.92 Å². The first-order valence-electron chi connectivity index (χ1n) is 9.97. The summed E-state index contributed by atoms with van der Waals surface area (Å²) >= 11 is 0. The van der Waals surface area contributed by atoms with E-state index >= 15 is 0 Å². The lowest BCUT2D eigenvalue weighted by molar-refractivity contribution is -0.126. The van der Waals surface area contributed by atoms with Crippen LogP contribution in [0.1, 0.15) is 28.8 Å². The summed E-state index contributed by atoms with van der Waals surface area (Å²) in [5, 5.41) is 3.00. The van der Waals surface area contributed by atoms with Gasteiger partial charge in [-0.15, -0.1) is 0 Å². The minimum absolute atomic E-state index is 0.0287. The number of ether oxygens (including phenoxy) is 3. The Morgan fingerprint density at radius 3 is 2.00 bits per heavy atom. The quantitative estimate of drug-likeness (QED) is 0.757. The van der Waals surface area contributed by atoms with Gasteiger partial charge in [-0.05, 0) is 42.7 Å². The molecule has 1 saturated heterocycles. The highest BCUT2D eigenvalue weighted by molar-refractivity contribution is 5.95. The van der Waals surface area contributed by atoms with Gasteiger partial charge in [0.25, 0.3) is 5.91 Å². The number of benzene rings is 2. The van der Waals surface area contributed by atoms with Crippen LogP contribution in [0.5, 0.6) is 17.2 Å². The monoisotopic (exact) mass is 412 g/mol. The molecule has 0 aromatic heterocycles. The van der Waals surface area contributed by atoms with Gasteiger partial charge in [-0.1, -0.05) is 12.1 Å². The summed E-state index contributed by atoms with van der Waals surface area (Å²) in [6, 6.07) is 12.8. The van der Waals surface area contributed by atoms with Crippen LogP contribution < -0.4 is 19.5 Å². The van der Waals surface area contributed by atoms with E-state index in [0.717, 1.165) is 11.3 Å². The highest BCUT2D eigenvalue weighted by Gasteiger charge is 2.28. The molecule has 1 heterocycles. The van der Waals surface area contributed by atoms with E-state index in [0.29, 0.717) is 49.5 Å². The molecular weight excluding hydrogens is 384 g/mol. The number of hydrogen-bond donors (Lipinski definition) is 1. The molecule has 0 radical (unpaired) electrons. The lowest BCUT2D eigenvalue weighted by Crippen LogP contribution is -2.42. The van der Waals surface area contributed by atoms with Gasteiger partial charge in [-0.3, -0.25) is 9.59 Å². The highest BCUT2D eigenvalue weighted by Crippen LogP contribution is 2.25. The third kappa shape index (κ3) is 5.23. The van der Waals surface area contributed by atoms with Crippen LogP contribution in [-0.2, 0) is 11.3 Å². The van der Waals surface area contributed by atoms with E-state index in [-0.39, 0.29) is 17.7 Å². The number of piperidine rings is 1. The van der Waals surface area contributed by atoms with Gasteiger partial charge >= 0.3 is 0 Å². The topological polar surface area (TPSA) is 77.1 Å². The zero-order chi connectivity index (χ0) is 21.5. The normalized spacial score (nSPS) is 14.2. The summed E-state index contributed by atoms with van der Waals surface area (Å²) in [4.78, 5) is 27.2. The molecule has 160 valence electrons. The molecule has 2 amide bonds. The number of rotatable bonds is 7. The number of nitrogens with one attached hydrogen (secondary N) is 1. The maximum atomic E-state index is 12.9. The summed E-state index contributed by atoms with van der Waals surface area (Å²) in [5.41, 5.74) is 1.54.